The lowest BCUT2D eigenvalue weighted by molar-refractivity contribution is -0.118. The van der Waals surface area contributed by atoms with Gasteiger partial charge in [0.2, 0.25) is 0 Å². The second kappa shape index (κ2) is 9.13. The Balaban J connectivity index is 1.59. The second-order valence-electron chi connectivity index (χ2n) is 7.50. The molecule has 2 heterocycles. The van der Waals surface area contributed by atoms with Crippen LogP contribution in [0, 0.1) is 0 Å². The van der Waals surface area contributed by atoms with E-state index in [4.69, 9.17) is 0 Å². The van der Waals surface area contributed by atoms with Gasteiger partial charge in [-0.3, -0.25) is 14.6 Å². The molecule has 27 heavy (non-hydrogen) atoms. The van der Waals surface area contributed by atoms with Crippen LogP contribution < -0.4 is 10.3 Å². The SMILES string of the molecule is CCCCN1CCC(NC(=O)C2=NN(c3ccccc3)C(C(C)=O)C2)CC1. The molecule has 0 aromatic heterocycles. The van der Waals surface area contributed by atoms with E-state index >= 15 is 0 Å². The first-order valence-electron chi connectivity index (χ1n) is 10.0. The van der Waals surface area contributed by atoms with Gasteiger partial charge >= 0.3 is 0 Å². The number of amides is 1. The lowest BCUT2D eigenvalue weighted by Crippen LogP contribution is -2.46. The molecule has 1 N–H and O–H groups in total. The van der Waals surface area contributed by atoms with E-state index in [0.29, 0.717) is 12.1 Å². The zero-order valence-corrected chi connectivity index (χ0v) is 16.4. The fourth-order valence-electron chi connectivity index (χ4n) is 3.73. The average Bonchev–Trinajstić information content (AvgIpc) is 3.14. The lowest BCUT2D eigenvalue weighted by atomic mass is 10.0. The maximum Gasteiger partial charge on any atom is 0.267 e. The molecule has 1 fully saturated rings. The molecule has 0 spiro atoms. The number of para-hydroxylation sites is 1. The third kappa shape index (κ3) is 4.95. The van der Waals surface area contributed by atoms with E-state index in [1.807, 2.05) is 30.3 Å². The van der Waals surface area contributed by atoms with E-state index in [1.165, 1.54) is 12.8 Å². The van der Waals surface area contributed by atoms with Crippen LogP contribution in [0.2, 0.25) is 0 Å². The van der Waals surface area contributed by atoms with E-state index < -0.39 is 6.04 Å². The summed E-state index contributed by atoms with van der Waals surface area (Å²) in [6.07, 6.45) is 4.76. The Hall–Kier alpha value is -2.21. The molecule has 1 unspecified atom stereocenters. The molecule has 0 bridgehead atoms. The maximum atomic E-state index is 12.7. The van der Waals surface area contributed by atoms with Crippen molar-refractivity contribution in [3.63, 3.8) is 0 Å². The fraction of sp³-hybridized carbons (Fsp3) is 0.571. The number of hydrogen-bond acceptors (Lipinski definition) is 5. The molecule has 6 nitrogen and oxygen atoms in total. The number of nitrogens with one attached hydrogen (secondary N) is 1. The molecule has 1 aromatic carbocycles. The van der Waals surface area contributed by atoms with Crippen molar-refractivity contribution in [3.8, 4) is 0 Å². The van der Waals surface area contributed by atoms with E-state index in [1.54, 1.807) is 11.9 Å². The zero-order valence-electron chi connectivity index (χ0n) is 16.4. The Morgan fingerprint density at radius 2 is 1.89 bits per heavy atom. The van der Waals surface area contributed by atoms with Crippen LogP contribution in [0.4, 0.5) is 5.69 Å². The predicted octanol–water partition coefficient (Wildman–Crippen LogP) is 2.59. The van der Waals surface area contributed by atoms with E-state index in [0.717, 1.165) is 38.2 Å². The average molecular weight is 370 g/mol. The molecule has 146 valence electrons. The van der Waals surface area contributed by atoms with Gasteiger partial charge in [0.1, 0.15) is 11.8 Å². The topological polar surface area (TPSA) is 65.0 Å². The van der Waals surface area contributed by atoms with Crippen LogP contribution in [0.25, 0.3) is 0 Å². The summed E-state index contributed by atoms with van der Waals surface area (Å²) in [6, 6.07) is 9.35. The van der Waals surface area contributed by atoms with Crippen molar-refractivity contribution in [2.75, 3.05) is 24.6 Å². The van der Waals surface area contributed by atoms with Crippen LogP contribution >= 0.6 is 0 Å². The number of carbonyl (C=O) groups excluding carboxylic acids is 2. The zero-order chi connectivity index (χ0) is 19.2. The molecule has 0 radical (unpaired) electrons. The molecule has 6 heteroatoms. The monoisotopic (exact) mass is 370 g/mol. The minimum absolute atomic E-state index is 0.0228. The number of ketones is 1. The third-order valence-electron chi connectivity index (χ3n) is 5.41. The predicted molar refractivity (Wildman–Crippen MR) is 108 cm³/mol. The van der Waals surface area contributed by atoms with Gasteiger partial charge in [-0.15, -0.1) is 0 Å². The van der Waals surface area contributed by atoms with Crippen LogP contribution in [-0.4, -0.2) is 54.0 Å². The normalized spacial score (nSPS) is 21.2. The number of piperidine rings is 1. The molecule has 0 saturated carbocycles. The number of rotatable bonds is 7. The van der Waals surface area contributed by atoms with Crippen LogP contribution in [0.3, 0.4) is 0 Å². The molecular formula is C21H30N4O2. The van der Waals surface area contributed by atoms with Crippen LogP contribution in [-0.2, 0) is 9.59 Å². The number of hydrogen-bond donors (Lipinski definition) is 1. The molecule has 1 atom stereocenters. The van der Waals surface area contributed by atoms with Gasteiger partial charge in [-0.1, -0.05) is 31.5 Å². The van der Waals surface area contributed by atoms with E-state index in [2.05, 4.69) is 22.2 Å². The van der Waals surface area contributed by atoms with Gasteiger partial charge in [0.05, 0.1) is 5.69 Å². The minimum Gasteiger partial charge on any atom is -0.348 e. The summed E-state index contributed by atoms with van der Waals surface area (Å²) in [7, 11) is 0. The van der Waals surface area contributed by atoms with Gasteiger partial charge < -0.3 is 10.2 Å². The van der Waals surface area contributed by atoms with Crippen molar-refractivity contribution in [1.82, 2.24) is 10.2 Å². The van der Waals surface area contributed by atoms with E-state index in [9.17, 15) is 9.59 Å². The number of nitrogens with zero attached hydrogens (tertiary/aromatic N) is 3. The van der Waals surface area contributed by atoms with Gasteiger partial charge in [0.15, 0.2) is 5.78 Å². The summed E-state index contributed by atoms with van der Waals surface area (Å²) in [6.45, 7) is 6.98. The van der Waals surface area contributed by atoms with Gasteiger partial charge in [0.25, 0.3) is 5.91 Å². The highest BCUT2D eigenvalue weighted by atomic mass is 16.2. The van der Waals surface area contributed by atoms with Crippen molar-refractivity contribution in [2.24, 2.45) is 5.10 Å². The van der Waals surface area contributed by atoms with Gasteiger partial charge in [-0.2, -0.15) is 5.10 Å². The van der Waals surface area contributed by atoms with Gasteiger partial charge in [-0.05, 0) is 44.9 Å². The van der Waals surface area contributed by atoms with Crippen molar-refractivity contribution in [1.29, 1.82) is 0 Å². The molecule has 1 saturated heterocycles. The first-order valence-corrected chi connectivity index (χ1v) is 10.0. The largest absolute Gasteiger partial charge is 0.348 e. The summed E-state index contributed by atoms with van der Waals surface area (Å²) < 4.78 is 0. The Morgan fingerprint density at radius 3 is 2.52 bits per heavy atom. The lowest BCUT2D eigenvalue weighted by Gasteiger charge is -2.32. The van der Waals surface area contributed by atoms with Crippen molar-refractivity contribution in [3.05, 3.63) is 30.3 Å². The molecule has 1 aromatic rings. The molecule has 0 aliphatic carbocycles. The van der Waals surface area contributed by atoms with Crippen molar-refractivity contribution < 1.29 is 9.59 Å². The Morgan fingerprint density at radius 1 is 1.19 bits per heavy atom. The number of unbranched alkanes of at least 4 members (excludes halogenated alkanes) is 1. The quantitative estimate of drug-likeness (QED) is 0.801. The minimum atomic E-state index is -0.399. The van der Waals surface area contributed by atoms with E-state index in [-0.39, 0.29) is 17.7 Å². The first-order chi connectivity index (χ1) is 13.1. The highest BCUT2D eigenvalue weighted by molar-refractivity contribution is 6.40. The Labute approximate surface area is 161 Å². The molecular weight excluding hydrogens is 340 g/mol. The number of carbonyl (C=O) groups is 2. The summed E-state index contributed by atoms with van der Waals surface area (Å²) in [4.78, 5) is 27.3. The summed E-state index contributed by atoms with van der Waals surface area (Å²) in [5, 5.41) is 9.31. The first kappa shape index (κ1) is 19.5. The highest BCUT2D eigenvalue weighted by Gasteiger charge is 2.34. The highest BCUT2D eigenvalue weighted by Crippen LogP contribution is 2.25. The molecule has 3 rings (SSSR count). The van der Waals surface area contributed by atoms with Crippen LogP contribution in [0.15, 0.2) is 35.4 Å². The number of anilines is 1. The summed E-state index contributed by atoms with van der Waals surface area (Å²) >= 11 is 0. The summed E-state index contributed by atoms with van der Waals surface area (Å²) in [5.74, 6) is -0.110. The Kier molecular flexibility index (Phi) is 6.61. The van der Waals surface area contributed by atoms with Gasteiger partial charge in [0, 0.05) is 25.6 Å². The third-order valence-corrected chi connectivity index (χ3v) is 5.41. The number of Topliss-reactive ketones (excluding diaryl/α,β-unsaturated/α-hetero) is 1. The summed E-state index contributed by atoms with van der Waals surface area (Å²) in [5.41, 5.74) is 1.29. The fourth-order valence-corrected chi connectivity index (χ4v) is 3.73. The second-order valence-corrected chi connectivity index (χ2v) is 7.50. The van der Waals surface area contributed by atoms with Gasteiger partial charge in [-0.25, -0.2) is 0 Å². The number of likely N-dealkylation sites (tertiary alicyclic amines) is 1. The molecule has 1 amide bonds. The van der Waals surface area contributed by atoms with Crippen molar-refractivity contribution in [2.45, 2.75) is 58.0 Å². The smallest absolute Gasteiger partial charge is 0.267 e. The van der Waals surface area contributed by atoms with Crippen LogP contribution in [0.5, 0.6) is 0 Å². The maximum absolute atomic E-state index is 12.7. The van der Waals surface area contributed by atoms with Crippen LogP contribution in [0.1, 0.15) is 46.0 Å². The molecule has 2 aliphatic heterocycles. The molecule has 2 aliphatic rings. The number of hydrazone groups is 1. The standard InChI is InChI=1S/C21H30N4O2/c1-3-4-12-24-13-10-17(11-14-24)22-21(27)19-15-20(16(2)26)25(23-19)18-8-6-5-7-9-18/h5-9,17,20H,3-4,10-15H2,1-2H3,(H,22,27). The van der Waals surface area contributed by atoms with Crippen molar-refractivity contribution >= 4 is 23.1 Å². The number of benzene rings is 1. The Bertz CT molecular complexity index is 681.